The van der Waals surface area contributed by atoms with Gasteiger partial charge in [0.1, 0.15) is 46.0 Å². The molecule has 0 unspecified atom stereocenters. The van der Waals surface area contributed by atoms with Crippen molar-refractivity contribution in [3.05, 3.63) is 239 Å². The average Bonchev–Trinajstić information content (AvgIpc) is 3.47. The van der Waals surface area contributed by atoms with Crippen LogP contribution in [-0.4, -0.2) is 0 Å². The van der Waals surface area contributed by atoms with Crippen molar-refractivity contribution >= 4 is 74.8 Å². The standard InChI is InChI=1S/2C30H28NO4P2S2.Cu/c2*1-29(2)21-5-13-25(14-6-21)32-36(38,33-26-15-7-22(29)8-16-26)31-37(39)34-27-17-9-23(10-18-27)30(3,4)24-11-19-28(35-37)20-12-24;/h2*5-20H,1-4H3;/q2*-1;+2. The van der Waals surface area contributed by atoms with Crippen LogP contribution in [0.5, 0.6) is 46.0 Å². The van der Waals surface area contributed by atoms with Gasteiger partial charge in [-0.05, 0) is 142 Å². The molecule has 0 saturated carbocycles. The van der Waals surface area contributed by atoms with Gasteiger partial charge in [-0.1, -0.05) is 152 Å². The molecule has 0 N–H and O–H groups in total. The SMILES string of the molecule is CC1(C)c2ccc(cc2)OP(=S)(N=P2([S-])Oc3ccc(cc3)C(C)(C)c3ccc(cc3)O2)Oc2ccc1cc2.CC1(C)c2ccc(cc2)OP(=S)(N=P2([S-])Oc3ccc(cc3)C(C)(C)c3ccc(cc3)O2)Oc2ccc1cc2.[Cu+2]. The summed E-state index contributed by atoms with van der Waals surface area (Å²) in [6, 6.07) is 62.9. The third-order valence-electron chi connectivity index (χ3n) is 14.8. The Morgan fingerprint density at radius 1 is 0.266 bits per heavy atom. The molecule has 19 heteroatoms. The number of hydrogen-bond acceptors (Lipinski definition) is 12. The molecular weight excluding hydrogens is 1190 g/mol. The zero-order valence-electron chi connectivity index (χ0n) is 44.4. The molecular formula is C60H56CuN2O8P4S4. The Bertz CT molecular complexity index is 3300. The predicted octanol–water partition coefficient (Wildman–Crippen LogP) is 18.6. The van der Waals surface area contributed by atoms with Crippen LogP contribution in [0.4, 0.5) is 0 Å². The quantitative estimate of drug-likeness (QED) is 0.0936. The zero-order valence-corrected chi connectivity index (χ0v) is 52.1. The average molecular weight is 1250 g/mol. The van der Waals surface area contributed by atoms with Crippen LogP contribution in [0.3, 0.4) is 0 Å². The Kier molecular flexibility index (Phi) is 15.6. The van der Waals surface area contributed by atoms with E-state index in [9.17, 15) is 0 Å². The van der Waals surface area contributed by atoms with Gasteiger partial charge in [0.25, 0.3) is 0 Å². The van der Waals surface area contributed by atoms with Crippen molar-refractivity contribution in [3.63, 3.8) is 0 Å². The van der Waals surface area contributed by atoms with Crippen molar-refractivity contribution in [2.24, 2.45) is 9.03 Å². The van der Waals surface area contributed by atoms with E-state index in [1.807, 2.05) is 194 Å². The first-order valence-corrected chi connectivity index (χ1v) is 35.6. The summed E-state index contributed by atoms with van der Waals surface area (Å²) < 4.78 is 60.1. The Balaban J connectivity index is 0.000000176. The first kappa shape index (κ1) is 57.4. The molecule has 0 amide bonds. The number of benzene rings is 8. The van der Waals surface area contributed by atoms with Crippen LogP contribution >= 0.6 is 26.7 Å². The molecule has 0 fully saturated rings. The summed E-state index contributed by atoms with van der Waals surface area (Å²) in [5.74, 6) is 4.36. The molecule has 10 nitrogen and oxygen atoms in total. The van der Waals surface area contributed by atoms with Crippen molar-refractivity contribution in [2.75, 3.05) is 0 Å². The fourth-order valence-electron chi connectivity index (χ4n) is 9.68. The molecule has 8 aromatic carbocycles. The molecule has 24 rings (SSSR count). The van der Waals surface area contributed by atoms with Gasteiger partial charge in [-0.3, -0.25) is 0 Å². The maximum absolute atomic E-state index is 6.31. The van der Waals surface area contributed by atoms with E-state index in [4.69, 9.17) is 93.3 Å². The minimum absolute atomic E-state index is 0. The molecule has 0 aliphatic carbocycles. The van der Waals surface area contributed by atoms with E-state index in [0.717, 1.165) is 44.5 Å². The third-order valence-corrected chi connectivity index (χ3v) is 26.3. The van der Waals surface area contributed by atoms with Crippen LogP contribution in [0.1, 0.15) is 99.9 Å². The van der Waals surface area contributed by atoms with Crippen LogP contribution in [0.2, 0.25) is 0 Å². The molecule has 16 bridgehead atoms. The molecule has 8 aromatic rings. The first-order valence-electron chi connectivity index (χ1n) is 25.2. The van der Waals surface area contributed by atoms with Crippen molar-refractivity contribution in [2.45, 2.75) is 77.0 Å². The maximum Gasteiger partial charge on any atom is 2.00 e. The Morgan fingerprint density at radius 2 is 0.392 bits per heavy atom. The van der Waals surface area contributed by atoms with Crippen LogP contribution in [-0.2, 0) is 86.8 Å². The molecule has 1 radical (unpaired) electrons. The Hall–Kier alpha value is -4.86. The summed E-state index contributed by atoms with van der Waals surface area (Å²) in [7, 11) is 0. The summed E-state index contributed by atoms with van der Waals surface area (Å²) in [6.07, 6.45) is 0. The maximum atomic E-state index is 6.31. The summed E-state index contributed by atoms with van der Waals surface area (Å²) in [5.41, 5.74) is 8.49. The molecule has 16 aliphatic rings. The van der Waals surface area contributed by atoms with E-state index in [2.05, 4.69) is 55.4 Å². The minimum Gasteiger partial charge on any atom is -0.656 e. The molecule has 16 heterocycles. The predicted molar refractivity (Wildman–Crippen MR) is 327 cm³/mol. The molecule has 79 heavy (non-hydrogen) atoms. The van der Waals surface area contributed by atoms with E-state index < -0.39 is 26.7 Å². The van der Waals surface area contributed by atoms with Gasteiger partial charge in [-0.25, -0.2) is 0 Å². The fraction of sp³-hybridized carbons (Fsp3) is 0.200. The second kappa shape index (κ2) is 21.5. The number of hydrogen-bond donors (Lipinski definition) is 0. The summed E-state index contributed by atoms with van der Waals surface area (Å²) in [5, 5.41) is 0. The van der Waals surface area contributed by atoms with Gasteiger partial charge in [-0.15, -0.1) is 9.03 Å². The fourth-order valence-corrected chi connectivity index (χ4v) is 22.6. The largest absolute Gasteiger partial charge is 2.00 e. The van der Waals surface area contributed by atoms with Crippen molar-refractivity contribution < 1.29 is 53.3 Å². The van der Waals surface area contributed by atoms with Crippen molar-refractivity contribution in [1.29, 1.82) is 0 Å². The first-order chi connectivity index (χ1) is 36.9. The summed E-state index contributed by atoms with van der Waals surface area (Å²) in [4.78, 5) is 0. The number of rotatable bonds is 2. The van der Waals surface area contributed by atoms with Gasteiger partial charge in [0.2, 0.25) is 0 Å². The van der Waals surface area contributed by atoms with Gasteiger partial charge < -0.3 is 60.7 Å². The monoisotopic (exact) mass is 1250 g/mol. The van der Waals surface area contributed by atoms with E-state index in [1.54, 1.807) is 0 Å². The van der Waals surface area contributed by atoms with Gasteiger partial charge >= 0.3 is 30.4 Å². The molecule has 0 atom stereocenters. The van der Waals surface area contributed by atoms with E-state index in [0.29, 0.717) is 46.0 Å². The molecule has 16 aliphatic heterocycles. The van der Waals surface area contributed by atoms with Gasteiger partial charge in [0.15, 0.2) is 13.4 Å². The van der Waals surface area contributed by atoms with Crippen LogP contribution in [0, 0.1) is 0 Å². The summed E-state index contributed by atoms with van der Waals surface area (Å²) in [6.45, 7) is 3.70. The molecule has 0 spiro atoms. The van der Waals surface area contributed by atoms with Crippen molar-refractivity contribution in [1.82, 2.24) is 0 Å². The minimum atomic E-state index is -3.45. The van der Waals surface area contributed by atoms with Crippen LogP contribution in [0.25, 0.3) is 0 Å². The van der Waals surface area contributed by atoms with E-state index in [-0.39, 0.29) is 38.7 Å². The van der Waals surface area contributed by atoms with Gasteiger partial charge in [0, 0.05) is 45.3 Å². The smallest absolute Gasteiger partial charge is 0.656 e. The van der Waals surface area contributed by atoms with Crippen LogP contribution in [0.15, 0.2) is 203 Å². The van der Waals surface area contributed by atoms with Gasteiger partial charge in [0.05, 0.1) is 0 Å². The summed E-state index contributed by atoms with van der Waals surface area (Å²) >= 11 is 24.0. The number of nitrogens with zero attached hydrogens (tertiary/aromatic N) is 2. The molecule has 0 saturated heterocycles. The second-order valence-electron chi connectivity index (χ2n) is 21.5. The van der Waals surface area contributed by atoms with E-state index in [1.165, 1.54) is 0 Å². The van der Waals surface area contributed by atoms with Gasteiger partial charge in [-0.2, -0.15) is 0 Å². The Labute approximate surface area is 495 Å². The third kappa shape index (κ3) is 12.1. The normalized spacial score (nSPS) is 18.9. The molecule has 409 valence electrons. The van der Waals surface area contributed by atoms with Crippen molar-refractivity contribution in [3.8, 4) is 46.0 Å². The zero-order chi connectivity index (χ0) is 54.9. The van der Waals surface area contributed by atoms with E-state index >= 15 is 0 Å². The Morgan fingerprint density at radius 3 is 0.532 bits per heavy atom. The topological polar surface area (TPSA) is 98.6 Å². The van der Waals surface area contributed by atoms with Crippen LogP contribution < -0.4 is 36.2 Å². The second-order valence-corrected chi connectivity index (χ2v) is 33.7. The molecule has 0 aromatic heterocycles.